The van der Waals surface area contributed by atoms with Crippen molar-refractivity contribution in [1.29, 1.82) is 0 Å². The number of nitrogens with zero attached hydrogens (tertiary/aromatic N) is 1. The summed E-state index contributed by atoms with van der Waals surface area (Å²) in [5.41, 5.74) is 2.19. The molecule has 3 rings (SSSR count). The third kappa shape index (κ3) is 2.91. The highest BCUT2D eigenvalue weighted by atomic mass is 16.5. The molecule has 0 bridgehead atoms. The lowest BCUT2D eigenvalue weighted by molar-refractivity contribution is -0.607. The number of hydrogen-bond donors (Lipinski definition) is 1. The summed E-state index contributed by atoms with van der Waals surface area (Å²) in [4.78, 5) is 15.7. The van der Waals surface area contributed by atoms with Crippen LogP contribution in [0.25, 0.3) is 0 Å². The number of hydrogen-bond acceptors (Lipinski definition) is 2. The van der Waals surface area contributed by atoms with Crippen molar-refractivity contribution in [2.45, 2.75) is 12.3 Å². The number of carbonyl (C=O) groups excluding carboxylic acids is 1. The first-order chi connectivity index (χ1) is 10.8. The number of pyridine rings is 1. The summed E-state index contributed by atoms with van der Waals surface area (Å²) in [6.07, 6.45) is 3.43. The number of rotatable bonds is 5. The maximum absolute atomic E-state index is 12.5. The SMILES string of the molecule is O=C(CC(c1ccccc1)c1ccc[nH]1)c1cccc[n+]1[O-]. The minimum Gasteiger partial charge on any atom is -0.618 e. The second-order valence-corrected chi connectivity index (χ2v) is 5.13. The first-order valence-corrected chi connectivity index (χ1v) is 7.15. The zero-order chi connectivity index (χ0) is 15.4. The maximum atomic E-state index is 12.5. The number of H-pyrrole nitrogens is 1. The molecular formula is C18H16N2O2. The van der Waals surface area contributed by atoms with E-state index in [4.69, 9.17) is 0 Å². The third-order valence-corrected chi connectivity index (χ3v) is 3.70. The molecule has 4 nitrogen and oxygen atoms in total. The van der Waals surface area contributed by atoms with Crippen LogP contribution in [0.5, 0.6) is 0 Å². The van der Waals surface area contributed by atoms with Gasteiger partial charge in [-0.15, -0.1) is 0 Å². The van der Waals surface area contributed by atoms with E-state index in [1.165, 1.54) is 6.20 Å². The molecular weight excluding hydrogens is 276 g/mol. The van der Waals surface area contributed by atoms with Gasteiger partial charge in [-0.3, -0.25) is 4.79 Å². The standard InChI is InChI=1S/C18H16N2O2/c21-18(17-10-4-5-12-20(17)22)13-15(16-9-6-11-19-16)14-7-2-1-3-8-14/h1-12,15,19H,13H2. The van der Waals surface area contributed by atoms with Gasteiger partial charge in [-0.1, -0.05) is 30.3 Å². The van der Waals surface area contributed by atoms with Crippen LogP contribution in [0.15, 0.2) is 73.1 Å². The molecule has 3 aromatic rings. The van der Waals surface area contributed by atoms with Gasteiger partial charge in [0.25, 0.3) is 5.69 Å². The first-order valence-electron chi connectivity index (χ1n) is 7.15. The molecule has 0 amide bonds. The van der Waals surface area contributed by atoms with Crippen LogP contribution >= 0.6 is 0 Å². The van der Waals surface area contributed by atoms with Crippen molar-refractivity contribution in [3.8, 4) is 0 Å². The average molecular weight is 292 g/mol. The predicted octanol–water partition coefficient (Wildman–Crippen LogP) is 3.05. The van der Waals surface area contributed by atoms with Crippen molar-refractivity contribution in [3.05, 3.63) is 95.2 Å². The van der Waals surface area contributed by atoms with Gasteiger partial charge < -0.3 is 10.2 Å². The van der Waals surface area contributed by atoms with Crippen LogP contribution in [0.1, 0.15) is 34.1 Å². The highest BCUT2D eigenvalue weighted by molar-refractivity contribution is 5.93. The Morgan fingerprint density at radius 3 is 2.50 bits per heavy atom. The summed E-state index contributed by atoms with van der Waals surface area (Å²) in [6, 6.07) is 18.6. The molecule has 22 heavy (non-hydrogen) atoms. The Bertz CT molecular complexity index is 752. The third-order valence-electron chi connectivity index (χ3n) is 3.70. The van der Waals surface area contributed by atoms with Crippen LogP contribution < -0.4 is 4.73 Å². The molecule has 0 aliphatic carbocycles. The van der Waals surface area contributed by atoms with E-state index >= 15 is 0 Å². The first kappa shape index (κ1) is 14.1. The van der Waals surface area contributed by atoms with Gasteiger partial charge in [-0.05, 0) is 23.8 Å². The average Bonchev–Trinajstić information content (AvgIpc) is 3.08. The lowest BCUT2D eigenvalue weighted by Crippen LogP contribution is -2.34. The van der Waals surface area contributed by atoms with Crippen molar-refractivity contribution >= 4 is 5.78 Å². The Morgan fingerprint density at radius 2 is 1.82 bits per heavy atom. The smallest absolute Gasteiger partial charge is 0.259 e. The Balaban J connectivity index is 1.91. The molecule has 4 heteroatoms. The number of Topliss-reactive ketones (excluding diaryl/α,β-unsaturated/α-hetero) is 1. The Labute approximate surface area is 128 Å². The quantitative estimate of drug-likeness (QED) is 0.446. The monoisotopic (exact) mass is 292 g/mol. The maximum Gasteiger partial charge on any atom is 0.259 e. The topological polar surface area (TPSA) is 59.8 Å². The lowest BCUT2D eigenvalue weighted by Gasteiger charge is -2.15. The summed E-state index contributed by atoms with van der Waals surface area (Å²) in [5, 5.41) is 11.8. The second kappa shape index (κ2) is 6.26. The van der Waals surface area contributed by atoms with Gasteiger partial charge in [-0.2, -0.15) is 4.73 Å². The normalized spacial score (nSPS) is 12.0. The van der Waals surface area contributed by atoms with Gasteiger partial charge in [0.15, 0.2) is 6.20 Å². The highest BCUT2D eigenvalue weighted by Gasteiger charge is 2.23. The van der Waals surface area contributed by atoms with Gasteiger partial charge in [-0.25, -0.2) is 0 Å². The number of aromatic nitrogens is 2. The summed E-state index contributed by atoms with van der Waals surface area (Å²) in [5.74, 6) is -0.261. The van der Waals surface area contributed by atoms with Gasteiger partial charge in [0.2, 0.25) is 5.78 Å². The van der Waals surface area contributed by atoms with E-state index in [0.717, 1.165) is 11.3 Å². The fraction of sp³-hybridized carbons (Fsp3) is 0.111. The Hall–Kier alpha value is -2.88. The number of ketones is 1. The second-order valence-electron chi connectivity index (χ2n) is 5.13. The van der Waals surface area contributed by atoms with E-state index in [2.05, 4.69) is 4.98 Å². The van der Waals surface area contributed by atoms with Crippen LogP contribution in [0.4, 0.5) is 0 Å². The lowest BCUT2D eigenvalue weighted by atomic mass is 9.90. The van der Waals surface area contributed by atoms with E-state index in [9.17, 15) is 10.0 Å². The molecule has 110 valence electrons. The van der Waals surface area contributed by atoms with E-state index < -0.39 is 0 Å². The molecule has 0 spiro atoms. The summed E-state index contributed by atoms with van der Waals surface area (Å²) < 4.78 is 0.624. The van der Waals surface area contributed by atoms with Gasteiger partial charge in [0.05, 0.1) is 0 Å². The molecule has 0 radical (unpaired) electrons. The number of nitrogens with one attached hydrogen (secondary N) is 1. The molecule has 0 fully saturated rings. The minimum atomic E-state index is -0.168. The molecule has 0 aliphatic rings. The van der Waals surface area contributed by atoms with E-state index in [1.807, 2.05) is 48.7 Å². The van der Waals surface area contributed by atoms with Crippen molar-refractivity contribution in [3.63, 3.8) is 0 Å². The summed E-state index contributed by atoms with van der Waals surface area (Å²) in [6.45, 7) is 0. The van der Waals surface area contributed by atoms with E-state index in [0.29, 0.717) is 4.73 Å². The summed E-state index contributed by atoms with van der Waals surface area (Å²) in [7, 11) is 0. The molecule has 1 atom stereocenters. The highest BCUT2D eigenvalue weighted by Crippen LogP contribution is 2.27. The minimum absolute atomic E-state index is 0.0936. The van der Waals surface area contributed by atoms with Crippen LogP contribution in [-0.2, 0) is 0 Å². The van der Waals surface area contributed by atoms with Crippen molar-refractivity contribution in [1.82, 2.24) is 4.98 Å². The largest absolute Gasteiger partial charge is 0.618 e. The van der Waals surface area contributed by atoms with Gasteiger partial charge >= 0.3 is 0 Å². The van der Waals surface area contributed by atoms with Crippen LogP contribution in [-0.4, -0.2) is 10.8 Å². The zero-order valence-electron chi connectivity index (χ0n) is 12.0. The van der Waals surface area contributed by atoms with E-state index in [1.54, 1.807) is 18.2 Å². The molecule has 0 aliphatic heterocycles. The van der Waals surface area contributed by atoms with Crippen LogP contribution in [0, 0.1) is 5.21 Å². The van der Waals surface area contributed by atoms with Crippen LogP contribution in [0.3, 0.4) is 0 Å². The Kier molecular flexibility index (Phi) is 4.01. The molecule has 2 heterocycles. The van der Waals surface area contributed by atoms with Crippen molar-refractivity contribution in [2.24, 2.45) is 0 Å². The van der Waals surface area contributed by atoms with E-state index in [-0.39, 0.29) is 23.8 Å². The molecule has 1 unspecified atom stereocenters. The van der Waals surface area contributed by atoms with Crippen LogP contribution in [0.2, 0.25) is 0 Å². The number of benzene rings is 1. The van der Waals surface area contributed by atoms with Crippen molar-refractivity contribution < 1.29 is 9.52 Å². The molecule has 2 aromatic heterocycles. The predicted molar refractivity (Wildman–Crippen MR) is 83.4 cm³/mol. The fourth-order valence-corrected chi connectivity index (χ4v) is 2.59. The number of aromatic amines is 1. The molecule has 0 saturated carbocycles. The zero-order valence-corrected chi connectivity index (χ0v) is 12.0. The van der Waals surface area contributed by atoms with Gasteiger partial charge in [0, 0.05) is 36.4 Å². The molecule has 1 N–H and O–H groups in total. The van der Waals surface area contributed by atoms with Gasteiger partial charge in [0.1, 0.15) is 0 Å². The molecule has 1 aromatic carbocycles. The summed E-state index contributed by atoms with van der Waals surface area (Å²) >= 11 is 0. The van der Waals surface area contributed by atoms with Crippen molar-refractivity contribution in [2.75, 3.05) is 0 Å². The molecule has 0 saturated heterocycles. The fourth-order valence-electron chi connectivity index (χ4n) is 2.59. The number of carbonyl (C=O) groups is 1. The Morgan fingerprint density at radius 1 is 1.05 bits per heavy atom.